The second-order valence-electron chi connectivity index (χ2n) is 7.35. The standard InChI is InChI=1S/C21H27N3O5S/c1-6-20(21(25)22-16(4)19-11-10-14(2)12-15(19)3)23(30(5,28)29)17-8-7-9-18(13-17)24(26)27/h7-13,16,20H,6H2,1-5H3,(H,22,25)/t16-,20+/m0/s1. The average molecular weight is 434 g/mol. The van der Waals surface area contributed by atoms with Crippen LogP contribution in [0.15, 0.2) is 42.5 Å². The summed E-state index contributed by atoms with van der Waals surface area (Å²) in [5, 5.41) is 14.0. The molecule has 0 spiro atoms. The van der Waals surface area contributed by atoms with Crippen LogP contribution in [0.1, 0.15) is 43.0 Å². The summed E-state index contributed by atoms with van der Waals surface area (Å²) in [5.74, 6) is -0.470. The third-order valence-electron chi connectivity index (χ3n) is 4.88. The molecule has 0 bridgehead atoms. The van der Waals surface area contributed by atoms with E-state index in [-0.39, 0.29) is 23.8 Å². The lowest BCUT2D eigenvalue weighted by Gasteiger charge is -2.31. The van der Waals surface area contributed by atoms with Gasteiger partial charge in [-0.15, -0.1) is 0 Å². The predicted molar refractivity (Wildman–Crippen MR) is 117 cm³/mol. The van der Waals surface area contributed by atoms with Crippen LogP contribution in [-0.4, -0.2) is 31.5 Å². The van der Waals surface area contributed by atoms with Crippen molar-refractivity contribution >= 4 is 27.3 Å². The van der Waals surface area contributed by atoms with Gasteiger partial charge in [-0.1, -0.05) is 36.8 Å². The predicted octanol–water partition coefficient (Wildman–Crippen LogP) is 3.63. The molecule has 0 saturated heterocycles. The van der Waals surface area contributed by atoms with E-state index in [1.165, 1.54) is 18.2 Å². The van der Waals surface area contributed by atoms with E-state index >= 15 is 0 Å². The number of amides is 1. The average Bonchev–Trinajstić information content (AvgIpc) is 2.64. The van der Waals surface area contributed by atoms with Crippen molar-refractivity contribution in [2.24, 2.45) is 0 Å². The number of nitrogens with one attached hydrogen (secondary N) is 1. The first-order chi connectivity index (χ1) is 14.0. The van der Waals surface area contributed by atoms with Crippen molar-refractivity contribution in [3.8, 4) is 0 Å². The van der Waals surface area contributed by atoms with Crippen LogP contribution in [0, 0.1) is 24.0 Å². The Bertz CT molecular complexity index is 1050. The van der Waals surface area contributed by atoms with E-state index in [2.05, 4.69) is 5.32 Å². The Morgan fingerprint density at radius 2 is 1.87 bits per heavy atom. The molecule has 0 heterocycles. The zero-order chi connectivity index (χ0) is 22.6. The van der Waals surface area contributed by atoms with E-state index in [1.54, 1.807) is 6.92 Å². The highest BCUT2D eigenvalue weighted by Gasteiger charge is 2.33. The van der Waals surface area contributed by atoms with Crippen LogP contribution in [0.2, 0.25) is 0 Å². The van der Waals surface area contributed by atoms with Gasteiger partial charge in [0.15, 0.2) is 0 Å². The smallest absolute Gasteiger partial charge is 0.271 e. The molecule has 0 aliphatic heterocycles. The minimum Gasteiger partial charge on any atom is -0.348 e. The molecular weight excluding hydrogens is 406 g/mol. The van der Waals surface area contributed by atoms with Crippen molar-refractivity contribution in [1.29, 1.82) is 0 Å². The van der Waals surface area contributed by atoms with Gasteiger partial charge in [0, 0.05) is 12.1 Å². The van der Waals surface area contributed by atoms with Gasteiger partial charge in [0.05, 0.1) is 22.9 Å². The van der Waals surface area contributed by atoms with Crippen LogP contribution < -0.4 is 9.62 Å². The summed E-state index contributed by atoms with van der Waals surface area (Å²) in [4.78, 5) is 23.6. The number of non-ortho nitro benzene ring substituents is 1. The molecule has 8 nitrogen and oxygen atoms in total. The first-order valence-electron chi connectivity index (χ1n) is 9.57. The summed E-state index contributed by atoms with van der Waals surface area (Å²) < 4.78 is 26.0. The number of sulfonamides is 1. The van der Waals surface area contributed by atoms with Gasteiger partial charge in [-0.05, 0) is 44.4 Å². The molecule has 1 N–H and O–H groups in total. The van der Waals surface area contributed by atoms with E-state index < -0.39 is 26.9 Å². The maximum Gasteiger partial charge on any atom is 0.271 e. The number of hydrogen-bond acceptors (Lipinski definition) is 5. The third kappa shape index (κ3) is 5.35. The number of nitro benzene ring substituents is 1. The fraction of sp³-hybridized carbons (Fsp3) is 0.381. The zero-order valence-electron chi connectivity index (χ0n) is 17.7. The van der Waals surface area contributed by atoms with Crippen molar-refractivity contribution in [3.05, 3.63) is 69.3 Å². The second kappa shape index (κ2) is 9.25. The summed E-state index contributed by atoms with van der Waals surface area (Å²) in [5.41, 5.74) is 2.89. The molecule has 0 radical (unpaired) electrons. The molecule has 2 aromatic rings. The highest BCUT2D eigenvalue weighted by molar-refractivity contribution is 7.92. The largest absolute Gasteiger partial charge is 0.348 e. The Kier molecular flexibility index (Phi) is 7.20. The SMILES string of the molecule is CC[C@H](C(=O)N[C@@H](C)c1ccc(C)cc1C)N(c1cccc([N+](=O)[O-])c1)S(C)(=O)=O. The monoisotopic (exact) mass is 433 g/mol. The zero-order valence-corrected chi connectivity index (χ0v) is 18.6. The minimum absolute atomic E-state index is 0.0767. The fourth-order valence-corrected chi connectivity index (χ4v) is 4.71. The van der Waals surface area contributed by atoms with Gasteiger partial charge >= 0.3 is 0 Å². The van der Waals surface area contributed by atoms with Gasteiger partial charge < -0.3 is 5.32 Å². The Balaban J connectivity index is 2.38. The maximum absolute atomic E-state index is 13.1. The van der Waals surface area contributed by atoms with E-state index in [1.807, 2.05) is 39.0 Å². The number of carbonyl (C=O) groups excluding carboxylic acids is 1. The molecule has 0 unspecified atom stereocenters. The molecule has 30 heavy (non-hydrogen) atoms. The molecule has 1 amide bonds. The topological polar surface area (TPSA) is 110 Å². The highest BCUT2D eigenvalue weighted by atomic mass is 32.2. The Hall–Kier alpha value is -2.94. The lowest BCUT2D eigenvalue weighted by atomic mass is 10.00. The summed E-state index contributed by atoms with van der Waals surface area (Å²) in [6, 6.07) is 9.79. The van der Waals surface area contributed by atoms with E-state index in [4.69, 9.17) is 0 Å². The van der Waals surface area contributed by atoms with Gasteiger partial charge in [0.25, 0.3) is 5.69 Å². The number of rotatable bonds is 8. The number of hydrogen-bond donors (Lipinski definition) is 1. The second-order valence-corrected chi connectivity index (χ2v) is 9.21. The number of aryl methyl sites for hydroxylation is 2. The van der Waals surface area contributed by atoms with Gasteiger partial charge in [-0.3, -0.25) is 19.2 Å². The van der Waals surface area contributed by atoms with Crippen molar-refractivity contribution < 1.29 is 18.1 Å². The van der Waals surface area contributed by atoms with Crippen molar-refractivity contribution in [2.45, 2.75) is 46.2 Å². The molecule has 9 heteroatoms. The van der Waals surface area contributed by atoms with Crippen LogP contribution in [-0.2, 0) is 14.8 Å². The van der Waals surface area contributed by atoms with Gasteiger partial charge in [0.2, 0.25) is 15.9 Å². The van der Waals surface area contributed by atoms with Crippen LogP contribution >= 0.6 is 0 Å². The number of nitrogens with zero attached hydrogens (tertiary/aromatic N) is 2. The normalized spacial score (nSPS) is 13.4. The molecule has 0 aliphatic carbocycles. The molecule has 0 saturated carbocycles. The summed E-state index contributed by atoms with van der Waals surface area (Å²) in [6.07, 6.45) is 1.18. The van der Waals surface area contributed by atoms with Crippen LogP contribution in [0.4, 0.5) is 11.4 Å². The highest BCUT2D eigenvalue weighted by Crippen LogP contribution is 2.27. The molecule has 0 aromatic heterocycles. The van der Waals surface area contributed by atoms with Crippen LogP contribution in [0.3, 0.4) is 0 Å². The number of anilines is 1. The molecule has 0 aliphatic rings. The summed E-state index contributed by atoms with van der Waals surface area (Å²) in [7, 11) is -3.88. The van der Waals surface area contributed by atoms with Crippen molar-refractivity contribution in [2.75, 3.05) is 10.6 Å². The molecule has 0 fully saturated rings. The Morgan fingerprint density at radius 3 is 2.40 bits per heavy atom. The maximum atomic E-state index is 13.1. The molecule has 2 rings (SSSR count). The molecule has 2 atom stereocenters. The van der Waals surface area contributed by atoms with Gasteiger partial charge in [0.1, 0.15) is 6.04 Å². The quantitative estimate of drug-likeness (QED) is 0.505. The van der Waals surface area contributed by atoms with E-state index in [9.17, 15) is 23.3 Å². The first kappa shape index (κ1) is 23.3. The molecule has 162 valence electrons. The van der Waals surface area contributed by atoms with Gasteiger partial charge in [-0.25, -0.2) is 8.42 Å². The first-order valence-corrected chi connectivity index (χ1v) is 11.4. The van der Waals surface area contributed by atoms with Crippen LogP contribution in [0.25, 0.3) is 0 Å². The Labute approximate surface area is 177 Å². The van der Waals surface area contributed by atoms with E-state index in [0.717, 1.165) is 33.3 Å². The number of benzene rings is 2. The third-order valence-corrected chi connectivity index (χ3v) is 6.06. The summed E-state index contributed by atoms with van der Waals surface area (Å²) >= 11 is 0. The Morgan fingerprint density at radius 1 is 1.20 bits per heavy atom. The lowest BCUT2D eigenvalue weighted by Crippen LogP contribution is -2.49. The minimum atomic E-state index is -3.88. The fourth-order valence-electron chi connectivity index (χ4n) is 3.50. The molecule has 2 aromatic carbocycles. The lowest BCUT2D eigenvalue weighted by molar-refractivity contribution is -0.384. The number of nitro groups is 1. The van der Waals surface area contributed by atoms with E-state index in [0.29, 0.717) is 0 Å². The number of carbonyl (C=O) groups is 1. The van der Waals surface area contributed by atoms with Crippen LogP contribution in [0.5, 0.6) is 0 Å². The van der Waals surface area contributed by atoms with Gasteiger partial charge in [-0.2, -0.15) is 0 Å². The summed E-state index contributed by atoms with van der Waals surface area (Å²) in [6.45, 7) is 7.46. The van der Waals surface area contributed by atoms with Crippen molar-refractivity contribution in [3.63, 3.8) is 0 Å². The molecular formula is C21H27N3O5S. The van der Waals surface area contributed by atoms with Crippen molar-refractivity contribution in [1.82, 2.24) is 5.32 Å².